The zero-order valence-corrected chi connectivity index (χ0v) is 13.2. The number of hydrogen-bond acceptors (Lipinski definition) is 3. The molecule has 2 aliphatic heterocycles. The van der Waals surface area contributed by atoms with Crippen LogP contribution in [0.2, 0.25) is 0 Å². The van der Waals surface area contributed by atoms with Gasteiger partial charge in [0, 0.05) is 6.54 Å². The average Bonchev–Trinajstić information content (AvgIpc) is 2.67. The standard InChI is InChI=1S/C16H27N3O2/c1-12-5-7-16(8-6-12)14(20)19(15(21)17-16)11-18-9-3-4-13(2)10-18/h12-13H,3-11H2,1-2H3,(H,17,21)/t12?,13-,16?/m0/s1. The number of imide groups is 1. The molecule has 0 unspecified atom stereocenters. The molecule has 0 aromatic carbocycles. The number of nitrogens with one attached hydrogen (secondary N) is 1. The lowest BCUT2D eigenvalue weighted by molar-refractivity contribution is -0.134. The highest BCUT2D eigenvalue weighted by Gasteiger charge is 2.52. The maximum atomic E-state index is 12.8. The Kier molecular flexibility index (Phi) is 3.95. The summed E-state index contributed by atoms with van der Waals surface area (Å²) in [6, 6.07) is -0.187. The predicted octanol–water partition coefficient (Wildman–Crippen LogP) is 2.18. The Morgan fingerprint density at radius 1 is 1.14 bits per heavy atom. The molecule has 3 amide bonds. The van der Waals surface area contributed by atoms with Gasteiger partial charge in [0.1, 0.15) is 5.54 Å². The molecule has 1 atom stereocenters. The first-order chi connectivity index (χ1) is 10.00. The predicted molar refractivity (Wildman–Crippen MR) is 80.6 cm³/mol. The van der Waals surface area contributed by atoms with Crippen LogP contribution in [0.3, 0.4) is 0 Å². The van der Waals surface area contributed by atoms with E-state index < -0.39 is 5.54 Å². The molecular weight excluding hydrogens is 266 g/mol. The molecule has 2 heterocycles. The summed E-state index contributed by atoms with van der Waals surface area (Å²) in [7, 11) is 0. The minimum atomic E-state index is -0.592. The molecule has 3 aliphatic rings. The quantitative estimate of drug-likeness (QED) is 0.794. The van der Waals surface area contributed by atoms with Crippen LogP contribution in [0.5, 0.6) is 0 Å². The van der Waals surface area contributed by atoms with Crippen molar-refractivity contribution in [2.24, 2.45) is 11.8 Å². The van der Waals surface area contributed by atoms with E-state index in [1.165, 1.54) is 11.3 Å². The van der Waals surface area contributed by atoms with Crippen molar-refractivity contribution in [1.82, 2.24) is 15.1 Å². The molecule has 1 spiro atoms. The lowest BCUT2D eigenvalue weighted by atomic mass is 9.77. The van der Waals surface area contributed by atoms with Crippen molar-refractivity contribution in [3.05, 3.63) is 0 Å². The van der Waals surface area contributed by atoms with E-state index in [-0.39, 0.29) is 11.9 Å². The Hall–Kier alpha value is -1.10. The van der Waals surface area contributed by atoms with Gasteiger partial charge in [-0.1, -0.05) is 13.8 Å². The fraction of sp³-hybridized carbons (Fsp3) is 0.875. The second kappa shape index (κ2) is 5.59. The van der Waals surface area contributed by atoms with Crippen molar-refractivity contribution in [2.45, 2.75) is 57.9 Å². The number of likely N-dealkylation sites (tertiary alicyclic amines) is 1. The third-order valence-electron chi connectivity index (χ3n) is 5.46. The van der Waals surface area contributed by atoms with E-state index in [0.717, 1.165) is 45.2 Å². The van der Waals surface area contributed by atoms with Crippen LogP contribution in [0.15, 0.2) is 0 Å². The maximum absolute atomic E-state index is 12.8. The summed E-state index contributed by atoms with van der Waals surface area (Å²) in [5.74, 6) is 1.33. The number of nitrogens with zero attached hydrogens (tertiary/aromatic N) is 2. The molecule has 0 aromatic rings. The van der Waals surface area contributed by atoms with E-state index in [9.17, 15) is 9.59 Å². The van der Waals surface area contributed by atoms with Gasteiger partial charge in [-0.15, -0.1) is 0 Å². The molecule has 2 saturated heterocycles. The van der Waals surface area contributed by atoms with Gasteiger partial charge in [-0.25, -0.2) is 9.69 Å². The monoisotopic (exact) mass is 293 g/mol. The van der Waals surface area contributed by atoms with Gasteiger partial charge in [0.2, 0.25) is 0 Å². The van der Waals surface area contributed by atoms with Gasteiger partial charge < -0.3 is 5.32 Å². The van der Waals surface area contributed by atoms with Crippen molar-refractivity contribution >= 4 is 11.9 Å². The normalized spacial score (nSPS) is 38.1. The number of amides is 3. The van der Waals surface area contributed by atoms with Crippen LogP contribution in [0.4, 0.5) is 4.79 Å². The van der Waals surface area contributed by atoms with Crippen molar-refractivity contribution in [2.75, 3.05) is 19.8 Å². The third-order valence-corrected chi connectivity index (χ3v) is 5.46. The van der Waals surface area contributed by atoms with Crippen molar-refractivity contribution < 1.29 is 9.59 Å². The molecule has 3 rings (SSSR count). The first-order valence-corrected chi connectivity index (χ1v) is 8.37. The second-order valence-corrected chi connectivity index (χ2v) is 7.39. The first-order valence-electron chi connectivity index (χ1n) is 8.37. The number of hydrogen-bond donors (Lipinski definition) is 1. The molecule has 3 fully saturated rings. The van der Waals surface area contributed by atoms with Crippen LogP contribution in [-0.2, 0) is 4.79 Å². The van der Waals surface area contributed by atoms with Crippen LogP contribution in [0.25, 0.3) is 0 Å². The first kappa shape index (κ1) is 14.8. The van der Waals surface area contributed by atoms with Crippen molar-refractivity contribution in [3.63, 3.8) is 0 Å². The van der Waals surface area contributed by atoms with E-state index in [1.54, 1.807) is 0 Å². The Morgan fingerprint density at radius 2 is 1.86 bits per heavy atom. The molecule has 0 bridgehead atoms. The molecule has 0 aromatic heterocycles. The van der Waals surface area contributed by atoms with Crippen LogP contribution < -0.4 is 5.32 Å². The molecule has 21 heavy (non-hydrogen) atoms. The molecule has 5 heteroatoms. The van der Waals surface area contributed by atoms with Gasteiger partial charge in [0.05, 0.1) is 6.67 Å². The molecule has 1 saturated carbocycles. The molecule has 1 N–H and O–H groups in total. The zero-order valence-electron chi connectivity index (χ0n) is 13.2. The van der Waals surface area contributed by atoms with E-state index >= 15 is 0 Å². The molecular formula is C16H27N3O2. The number of carbonyl (C=O) groups is 2. The highest BCUT2D eigenvalue weighted by atomic mass is 16.2. The van der Waals surface area contributed by atoms with E-state index in [4.69, 9.17) is 0 Å². The molecule has 0 radical (unpaired) electrons. The molecule has 5 nitrogen and oxygen atoms in total. The largest absolute Gasteiger partial charge is 0.326 e. The fourth-order valence-corrected chi connectivity index (χ4v) is 4.01. The summed E-state index contributed by atoms with van der Waals surface area (Å²) in [4.78, 5) is 28.7. The van der Waals surface area contributed by atoms with Crippen molar-refractivity contribution in [1.29, 1.82) is 0 Å². The summed E-state index contributed by atoms with van der Waals surface area (Å²) in [6.07, 6.45) is 6.06. The highest BCUT2D eigenvalue weighted by Crippen LogP contribution is 2.36. The average molecular weight is 293 g/mol. The highest BCUT2D eigenvalue weighted by molar-refractivity contribution is 6.07. The Balaban J connectivity index is 1.66. The van der Waals surface area contributed by atoms with Gasteiger partial charge >= 0.3 is 6.03 Å². The van der Waals surface area contributed by atoms with Crippen LogP contribution >= 0.6 is 0 Å². The van der Waals surface area contributed by atoms with E-state index in [1.807, 2.05) is 0 Å². The Morgan fingerprint density at radius 3 is 2.52 bits per heavy atom. The number of rotatable bonds is 2. The number of piperidine rings is 1. The van der Waals surface area contributed by atoms with Gasteiger partial charge in [-0.3, -0.25) is 9.69 Å². The Labute approximate surface area is 127 Å². The minimum Gasteiger partial charge on any atom is -0.323 e. The SMILES string of the molecule is CC1CCC2(CC1)NC(=O)N(CN1CCC[C@H](C)C1)C2=O. The fourth-order valence-electron chi connectivity index (χ4n) is 4.01. The summed E-state index contributed by atoms with van der Waals surface area (Å²) < 4.78 is 0. The van der Waals surface area contributed by atoms with Crippen LogP contribution in [0, 0.1) is 11.8 Å². The van der Waals surface area contributed by atoms with E-state index in [2.05, 4.69) is 24.1 Å². The second-order valence-electron chi connectivity index (χ2n) is 7.39. The lowest BCUT2D eigenvalue weighted by Gasteiger charge is -2.35. The van der Waals surface area contributed by atoms with Crippen molar-refractivity contribution in [3.8, 4) is 0 Å². The van der Waals surface area contributed by atoms with Crippen LogP contribution in [0.1, 0.15) is 52.4 Å². The van der Waals surface area contributed by atoms with Gasteiger partial charge in [-0.05, 0) is 56.9 Å². The number of carbonyl (C=O) groups excluding carboxylic acids is 2. The third kappa shape index (κ3) is 2.80. The lowest BCUT2D eigenvalue weighted by Crippen LogP contribution is -2.50. The van der Waals surface area contributed by atoms with Gasteiger partial charge in [0.25, 0.3) is 5.91 Å². The molecule has 1 aliphatic carbocycles. The summed E-state index contributed by atoms with van der Waals surface area (Å²) in [5.41, 5.74) is -0.592. The Bertz CT molecular complexity index is 429. The number of urea groups is 1. The summed E-state index contributed by atoms with van der Waals surface area (Å²) in [6.45, 7) is 6.90. The maximum Gasteiger partial charge on any atom is 0.326 e. The topological polar surface area (TPSA) is 52.7 Å². The zero-order chi connectivity index (χ0) is 15.0. The minimum absolute atomic E-state index is 0.0117. The summed E-state index contributed by atoms with van der Waals surface area (Å²) in [5, 5.41) is 3.00. The van der Waals surface area contributed by atoms with Gasteiger partial charge in [-0.2, -0.15) is 0 Å². The smallest absolute Gasteiger partial charge is 0.323 e. The molecule has 118 valence electrons. The van der Waals surface area contributed by atoms with Crippen LogP contribution in [-0.4, -0.2) is 47.0 Å². The summed E-state index contributed by atoms with van der Waals surface area (Å²) >= 11 is 0. The van der Waals surface area contributed by atoms with Gasteiger partial charge in [0.15, 0.2) is 0 Å². The van der Waals surface area contributed by atoms with E-state index in [0.29, 0.717) is 18.5 Å².